The average molecular weight is 305 g/mol. The highest BCUT2D eigenvalue weighted by molar-refractivity contribution is 7.99. The SMILES string of the molecule is O=C(O)c1cc(Sc2ncccc2C(F)(F)F)cs1. The monoisotopic (exact) mass is 305 g/mol. The Morgan fingerprint density at radius 1 is 1.42 bits per heavy atom. The Hall–Kier alpha value is -1.54. The molecule has 2 aromatic heterocycles. The highest BCUT2D eigenvalue weighted by atomic mass is 32.2. The van der Waals surface area contributed by atoms with Crippen LogP contribution in [0, 0.1) is 0 Å². The molecular weight excluding hydrogens is 299 g/mol. The summed E-state index contributed by atoms with van der Waals surface area (Å²) < 4.78 is 38.2. The van der Waals surface area contributed by atoms with Gasteiger partial charge in [-0.1, -0.05) is 11.8 Å². The number of alkyl halides is 3. The molecule has 2 aromatic rings. The molecule has 1 N–H and O–H groups in total. The molecule has 0 spiro atoms. The van der Waals surface area contributed by atoms with Crippen LogP contribution in [-0.4, -0.2) is 16.1 Å². The Morgan fingerprint density at radius 2 is 2.16 bits per heavy atom. The van der Waals surface area contributed by atoms with Gasteiger partial charge in [-0.15, -0.1) is 11.3 Å². The van der Waals surface area contributed by atoms with E-state index in [0.717, 1.165) is 29.2 Å². The summed E-state index contributed by atoms with van der Waals surface area (Å²) in [5.41, 5.74) is -0.830. The molecule has 8 heteroatoms. The van der Waals surface area contributed by atoms with Crippen molar-refractivity contribution in [2.45, 2.75) is 16.1 Å². The molecule has 0 aliphatic rings. The average Bonchev–Trinajstić information content (AvgIpc) is 2.77. The number of carboxylic acid groups (broad SMARTS) is 1. The summed E-state index contributed by atoms with van der Waals surface area (Å²) in [5.74, 6) is -1.10. The van der Waals surface area contributed by atoms with Gasteiger partial charge < -0.3 is 5.11 Å². The molecule has 100 valence electrons. The molecule has 19 heavy (non-hydrogen) atoms. The molecule has 2 rings (SSSR count). The van der Waals surface area contributed by atoms with Crippen LogP contribution in [0.25, 0.3) is 0 Å². The van der Waals surface area contributed by atoms with Gasteiger partial charge in [-0.2, -0.15) is 13.2 Å². The van der Waals surface area contributed by atoms with Gasteiger partial charge in [0, 0.05) is 16.5 Å². The zero-order valence-corrected chi connectivity index (χ0v) is 10.8. The van der Waals surface area contributed by atoms with Gasteiger partial charge in [0.2, 0.25) is 0 Å². The van der Waals surface area contributed by atoms with E-state index in [-0.39, 0.29) is 9.90 Å². The number of carboxylic acids is 1. The lowest BCUT2D eigenvalue weighted by atomic mass is 10.3. The van der Waals surface area contributed by atoms with Crippen LogP contribution >= 0.6 is 23.1 Å². The lowest BCUT2D eigenvalue weighted by molar-refractivity contribution is -0.140. The molecular formula is C11H6F3NO2S2. The third-order valence-electron chi connectivity index (χ3n) is 2.08. The molecule has 0 saturated heterocycles. The van der Waals surface area contributed by atoms with Gasteiger partial charge in [0.1, 0.15) is 9.90 Å². The summed E-state index contributed by atoms with van der Waals surface area (Å²) >= 11 is 1.76. The van der Waals surface area contributed by atoms with Crippen molar-refractivity contribution < 1.29 is 23.1 Å². The van der Waals surface area contributed by atoms with Crippen molar-refractivity contribution in [1.29, 1.82) is 0 Å². The van der Waals surface area contributed by atoms with E-state index in [1.165, 1.54) is 23.7 Å². The van der Waals surface area contributed by atoms with E-state index >= 15 is 0 Å². The summed E-state index contributed by atoms with van der Waals surface area (Å²) in [6.45, 7) is 0. The summed E-state index contributed by atoms with van der Waals surface area (Å²) in [6, 6.07) is 3.48. The van der Waals surface area contributed by atoms with E-state index in [1.807, 2.05) is 0 Å². The molecule has 3 nitrogen and oxygen atoms in total. The van der Waals surface area contributed by atoms with Gasteiger partial charge in [0.25, 0.3) is 0 Å². The molecule has 0 radical (unpaired) electrons. The smallest absolute Gasteiger partial charge is 0.419 e. The molecule has 0 bridgehead atoms. The van der Waals surface area contributed by atoms with Crippen LogP contribution in [0.15, 0.2) is 39.7 Å². The molecule has 0 fully saturated rings. The van der Waals surface area contributed by atoms with E-state index in [9.17, 15) is 18.0 Å². The summed E-state index contributed by atoms with van der Waals surface area (Å²) in [7, 11) is 0. The van der Waals surface area contributed by atoms with Crippen LogP contribution in [0.5, 0.6) is 0 Å². The lowest BCUT2D eigenvalue weighted by Gasteiger charge is -2.10. The fourth-order valence-corrected chi connectivity index (χ4v) is 3.11. The maximum Gasteiger partial charge on any atom is 0.419 e. The predicted molar refractivity (Wildman–Crippen MR) is 64.6 cm³/mol. The van der Waals surface area contributed by atoms with Crippen molar-refractivity contribution in [3.8, 4) is 0 Å². The topological polar surface area (TPSA) is 50.2 Å². The Labute approximate surface area is 114 Å². The number of carbonyl (C=O) groups is 1. The second-order valence-corrected chi connectivity index (χ2v) is 5.38. The Balaban J connectivity index is 2.30. The largest absolute Gasteiger partial charge is 0.477 e. The standard InChI is InChI=1S/C11H6F3NO2S2/c12-11(13,14)7-2-1-3-15-9(7)19-6-4-8(10(16)17)18-5-6/h1-5H,(H,16,17). The lowest BCUT2D eigenvalue weighted by Crippen LogP contribution is -2.07. The number of thiophene rings is 1. The van der Waals surface area contributed by atoms with Gasteiger partial charge in [0.15, 0.2) is 0 Å². The zero-order chi connectivity index (χ0) is 14.0. The Bertz CT molecular complexity index is 610. The second-order valence-electron chi connectivity index (χ2n) is 3.41. The first-order valence-corrected chi connectivity index (χ1v) is 6.59. The van der Waals surface area contributed by atoms with E-state index in [1.54, 1.807) is 0 Å². The van der Waals surface area contributed by atoms with Crippen LogP contribution < -0.4 is 0 Å². The molecule has 0 saturated carbocycles. The molecule has 0 amide bonds. The first-order valence-electron chi connectivity index (χ1n) is 4.90. The number of hydrogen-bond acceptors (Lipinski definition) is 4. The molecule has 2 heterocycles. The molecule has 0 aliphatic heterocycles. The third-order valence-corrected chi connectivity index (χ3v) is 4.13. The maximum atomic E-state index is 12.7. The van der Waals surface area contributed by atoms with Crippen molar-refractivity contribution in [3.05, 3.63) is 40.2 Å². The highest BCUT2D eigenvalue weighted by Gasteiger charge is 2.34. The van der Waals surface area contributed by atoms with Crippen LogP contribution in [0.4, 0.5) is 13.2 Å². The van der Waals surface area contributed by atoms with Crippen LogP contribution in [-0.2, 0) is 6.18 Å². The summed E-state index contributed by atoms with van der Waals surface area (Å²) in [6.07, 6.45) is -3.22. The molecule has 0 aromatic carbocycles. The number of pyridine rings is 1. The quantitative estimate of drug-likeness (QED) is 0.931. The minimum Gasteiger partial charge on any atom is -0.477 e. The van der Waals surface area contributed by atoms with Gasteiger partial charge in [-0.3, -0.25) is 0 Å². The van der Waals surface area contributed by atoms with Crippen LogP contribution in [0.2, 0.25) is 0 Å². The maximum absolute atomic E-state index is 12.7. The van der Waals surface area contributed by atoms with E-state index < -0.39 is 17.7 Å². The number of nitrogens with zero attached hydrogens (tertiary/aromatic N) is 1. The van der Waals surface area contributed by atoms with Crippen molar-refractivity contribution in [2.24, 2.45) is 0 Å². The Kier molecular flexibility index (Phi) is 3.81. The van der Waals surface area contributed by atoms with Crippen molar-refractivity contribution in [1.82, 2.24) is 4.98 Å². The Morgan fingerprint density at radius 3 is 2.74 bits per heavy atom. The van der Waals surface area contributed by atoms with E-state index in [2.05, 4.69) is 4.98 Å². The van der Waals surface area contributed by atoms with Gasteiger partial charge in [-0.25, -0.2) is 9.78 Å². The fourth-order valence-electron chi connectivity index (χ4n) is 1.28. The number of aromatic carboxylic acids is 1. The zero-order valence-electron chi connectivity index (χ0n) is 9.14. The van der Waals surface area contributed by atoms with Crippen LogP contribution in [0.3, 0.4) is 0 Å². The molecule has 0 unspecified atom stereocenters. The highest BCUT2D eigenvalue weighted by Crippen LogP contribution is 2.39. The van der Waals surface area contributed by atoms with Gasteiger partial charge >= 0.3 is 12.1 Å². The fraction of sp³-hybridized carbons (Fsp3) is 0.0909. The van der Waals surface area contributed by atoms with Gasteiger partial charge in [0.05, 0.1) is 5.56 Å². The minimum absolute atomic E-state index is 0.0759. The first-order chi connectivity index (χ1) is 8.88. The number of aromatic nitrogens is 1. The number of rotatable bonds is 3. The van der Waals surface area contributed by atoms with Gasteiger partial charge in [-0.05, 0) is 18.2 Å². The summed E-state index contributed by atoms with van der Waals surface area (Å²) in [4.78, 5) is 14.9. The molecule has 0 atom stereocenters. The number of hydrogen-bond donors (Lipinski definition) is 1. The van der Waals surface area contributed by atoms with Crippen LogP contribution in [0.1, 0.15) is 15.2 Å². The third kappa shape index (κ3) is 3.27. The van der Waals surface area contributed by atoms with E-state index in [0.29, 0.717) is 4.90 Å². The predicted octanol–water partition coefficient (Wildman–Crippen LogP) is 4.01. The van der Waals surface area contributed by atoms with Crippen molar-refractivity contribution >= 4 is 29.1 Å². The summed E-state index contributed by atoms with van der Waals surface area (Å²) in [5, 5.41) is 10.1. The number of halogens is 3. The van der Waals surface area contributed by atoms with Crippen molar-refractivity contribution in [2.75, 3.05) is 0 Å². The van der Waals surface area contributed by atoms with Crippen molar-refractivity contribution in [3.63, 3.8) is 0 Å². The first kappa shape index (κ1) is 13.9. The van der Waals surface area contributed by atoms with E-state index in [4.69, 9.17) is 5.11 Å². The molecule has 0 aliphatic carbocycles. The minimum atomic E-state index is -4.48. The second kappa shape index (κ2) is 5.22. The normalized spacial score (nSPS) is 11.5.